The van der Waals surface area contributed by atoms with Gasteiger partial charge in [0.2, 0.25) is 0 Å². The van der Waals surface area contributed by atoms with Gasteiger partial charge in [0, 0.05) is 5.69 Å². The van der Waals surface area contributed by atoms with Crippen LogP contribution in [0.1, 0.15) is 19.4 Å². The molecule has 5 heteroatoms. The lowest BCUT2D eigenvalue weighted by molar-refractivity contribution is -0.119. The number of nitrogens with zero attached hydrogens (tertiary/aromatic N) is 2. The number of aliphatic hydroxyl groups is 1. The van der Waals surface area contributed by atoms with Crippen LogP contribution in [0.4, 0.5) is 5.69 Å². The molecule has 0 fully saturated rings. The lowest BCUT2D eigenvalue weighted by Crippen LogP contribution is -2.35. The van der Waals surface area contributed by atoms with E-state index in [1.165, 1.54) is 6.34 Å². The first-order valence-corrected chi connectivity index (χ1v) is 5.50. The Balaban J connectivity index is 2.74. The van der Waals surface area contributed by atoms with Gasteiger partial charge in [0.25, 0.3) is 5.91 Å². The Bertz CT molecular complexity index is 450. The third kappa shape index (κ3) is 3.78. The minimum Gasteiger partial charge on any atom is -0.392 e. The number of hydrogen-bond donors (Lipinski definition) is 2. The number of carbonyl (C=O) groups is 1. The van der Waals surface area contributed by atoms with Gasteiger partial charge in [-0.25, -0.2) is 0 Å². The van der Waals surface area contributed by atoms with Crippen molar-refractivity contribution in [2.45, 2.75) is 26.0 Å². The molecule has 0 spiro atoms. The normalized spacial score (nSPS) is 11.5. The van der Waals surface area contributed by atoms with Gasteiger partial charge in [-0.2, -0.15) is 0 Å². The summed E-state index contributed by atoms with van der Waals surface area (Å²) in [5.74, 6) is -0.237. The monoisotopic (exact) mass is 247 g/mol. The van der Waals surface area contributed by atoms with Crippen LogP contribution in [0.5, 0.6) is 0 Å². The fourth-order valence-corrected chi connectivity index (χ4v) is 1.22. The quantitative estimate of drug-likeness (QED) is 0.613. The smallest absolute Gasteiger partial charge is 0.251 e. The number of benzene rings is 1. The van der Waals surface area contributed by atoms with E-state index in [0.717, 1.165) is 5.56 Å². The van der Waals surface area contributed by atoms with Crippen LogP contribution in [-0.2, 0) is 11.4 Å². The molecule has 0 aliphatic heterocycles. The summed E-state index contributed by atoms with van der Waals surface area (Å²) >= 11 is 0. The highest BCUT2D eigenvalue weighted by Gasteiger charge is 2.26. The number of aliphatic hydroxyl groups excluding tert-OH is 1. The lowest BCUT2D eigenvalue weighted by Gasteiger charge is -2.18. The maximum Gasteiger partial charge on any atom is 0.251 e. The van der Waals surface area contributed by atoms with E-state index in [-0.39, 0.29) is 12.5 Å². The van der Waals surface area contributed by atoms with Crippen molar-refractivity contribution in [3.63, 3.8) is 0 Å². The van der Waals surface area contributed by atoms with Gasteiger partial charge in [-0.3, -0.25) is 14.8 Å². The van der Waals surface area contributed by atoms with Gasteiger partial charge < -0.3 is 10.4 Å². The molecule has 0 atom stereocenters. The van der Waals surface area contributed by atoms with Crippen LogP contribution in [0, 0.1) is 0 Å². The van der Waals surface area contributed by atoms with Crippen LogP contribution in [0.3, 0.4) is 0 Å². The molecular formula is C13H17N3O2. The molecule has 0 radical (unpaired) electrons. The SMILES string of the molecule is C=N/C=N\C(C)(C)C(=O)Nc1ccc(CO)cc1. The number of anilines is 1. The molecule has 5 nitrogen and oxygen atoms in total. The van der Waals surface area contributed by atoms with E-state index in [0.29, 0.717) is 5.69 Å². The fourth-order valence-electron chi connectivity index (χ4n) is 1.22. The summed E-state index contributed by atoms with van der Waals surface area (Å²) < 4.78 is 0. The highest BCUT2D eigenvalue weighted by molar-refractivity contribution is 5.98. The third-order valence-electron chi connectivity index (χ3n) is 2.41. The summed E-state index contributed by atoms with van der Waals surface area (Å²) in [4.78, 5) is 19.4. The van der Waals surface area contributed by atoms with Crippen LogP contribution in [-0.4, -0.2) is 29.6 Å². The predicted octanol–water partition coefficient (Wildman–Crippen LogP) is 1.62. The number of carbonyl (C=O) groups excluding carboxylic acids is 1. The molecule has 0 saturated carbocycles. The Morgan fingerprint density at radius 3 is 2.56 bits per heavy atom. The second kappa shape index (κ2) is 6.07. The summed E-state index contributed by atoms with van der Waals surface area (Å²) in [7, 11) is 0. The van der Waals surface area contributed by atoms with Crippen LogP contribution in [0.25, 0.3) is 0 Å². The van der Waals surface area contributed by atoms with E-state index >= 15 is 0 Å². The average Bonchev–Trinajstić information content (AvgIpc) is 2.37. The maximum atomic E-state index is 12.0. The highest BCUT2D eigenvalue weighted by Crippen LogP contribution is 2.15. The van der Waals surface area contributed by atoms with Gasteiger partial charge in [-0.05, 0) is 38.3 Å². The van der Waals surface area contributed by atoms with Crippen molar-refractivity contribution in [2.24, 2.45) is 9.98 Å². The van der Waals surface area contributed by atoms with E-state index in [1.54, 1.807) is 38.1 Å². The van der Waals surface area contributed by atoms with Gasteiger partial charge in [0.1, 0.15) is 11.9 Å². The van der Waals surface area contributed by atoms with Crippen molar-refractivity contribution in [3.8, 4) is 0 Å². The molecule has 1 aromatic carbocycles. The van der Waals surface area contributed by atoms with E-state index in [2.05, 4.69) is 22.0 Å². The lowest BCUT2D eigenvalue weighted by atomic mass is 10.1. The highest BCUT2D eigenvalue weighted by atomic mass is 16.3. The summed E-state index contributed by atoms with van der Waals surface area (Å²) in [6.07, 6.45) is 1.26. The average molecular weight is 247 g/mol. The Labute approximate surface area is 106 Å². The van der Waals surface area contributed by atoms with Crippen molar-refractivity contribution in [3.05, 3.63) is 29.8 Å². The van der Waals surface area contributed by atoms with Crippen molar-refractivity contribution >= 4 is 24.7 Å². The molecule has 2 N–H and O–H groups in total. The van der Waals surface area contributed by atoms with E-state index < -0.39 is 5.54 Å². The Morgan fingerprint density at radius 1 is 1.44 bits per heavy atom. The second-order valence-electron chi connectivity index (χ2n) is 4.30. The molecule has 0 aromatic heterocycles. The summed E-state index contributed by atoms with van der Waals surface area (Å²) in [6, 6.07) is 6.96. The van der Waals surface area contributed by atoms with Crippen LogP contribution in [0.15, 0.2) is 34.3 Å². The van der Waals surface area contributed by atoms with Crippen LogP contribution < -0.4 is 5.32 Å². The molecule has 1 rings (SSSR count). The number of amides is 1. The van der Waals surface area contributed by atoms with Gasteiger partial charge in [0.05, 0.1) is 6.61 Å². The van der Waals surface area contributed by atoms with Crippen molar-refractivity contribution in [2.75, 3.05) is 5.32 Å². The summed E-state index contributed by atoms with van der Waals surface area (Å²) in [6.45, 7) is 6.63. The Hall–Kier alpha value is -2.01. The van der Waals surface area contributed by atoms with Crippen molar-refractivity contribution < 1.29 is 9.90 Å². The van der Waals surface area contributed by atoms with Gasteiger partial charge in [-0.1, -0.05) is 12.1 Å². The fraction of sp³-hybridized carbons (Fsp3) is 0.308. The van der Waals surface area contributed by atoms with E-state index in [9.17, 15) is 4.79 Å². The third-order valence-corrected chi connectivity index (χ3v) is 2.41. The van der Waals surface area contributed by atoms with Crippen molar-refractivity contribution in [1.82, 2.24) is 0 Å². The molecule has 1 amide bonds. The first-order valence-electron chi connectivity index (χ1n) is 5.50. The second-order valence-corrected chi connectivity index (χ2v) is 4.30. The maximum absolute atomic E-state index is 12.0. The van der Waals surface area contributed by atoms with Crippen LogP contribution >= 0.6 is 0 Å². The number of hydrogen-bond acceptors (Lipinski definition) is 3. The number of aliphatic imine (C=N–C) groups is 2. The standard InChI is InChI=1S/C13H17N3O2/c1-13(2,15-9-14-3)12(18)16-11-6-4-10(8-17)5-7-11/h4-7,9,17H,3,8H2,1-2H3,(H,16,18)/b15-9-. The predicted molar refractivity (Wildman–Crippen MR) is 73.1 cm³/mol. The topological polar surface area (TPSA) is 74.0 Å². The van der Waals surface area contributed by atoms with Crippen molar-refractivity contribution in [1.29, 1.82) is 0 Å². The molecule has 18 heavy (non-hydrogen) atoms. The molecule has 0 unspecified atom stereocenters. The van der Waals surface area contributed by atoms with Gasteiger partial charge in [0.15, 0.2) is 0 Å². The largest absolute Gasteiger partial charge is 0.392 e. The molecule has 96 valence electrons. The van der Waals surface area contributed by atoms with E-state index in [1.807, 2.05) is 0 Å². The zero-order valence-corrected chi connectivity index (χ0v) is 10.6. The van der Waals surface area contributed by atoms with Crippen LogP contribution in [0.2, 0.25) is 0 Å². The van der Waals surface area contributed by atoms with Gasteiger partial charge in [-0.15, -0.1) is 0 Å². The summed E-state index contributed by atoms with van der Waals surface area (Å²) in [5.41, 5.74) is 0.546. The molecule has 0 aliphatic carbocycles. The molecule has 0 heterocycles. The van der Waals surface area contributed by atoms with E-state index in [4.69, 9.17) is 5.11 Å². The Morgan fingerprint density at radius 2 is 2.06 bits per heavy atom. The number of nitrogens with one attached hydrogen (secondary N) is 1. The first-order chi connectivity index (χ1) is 8.49. The molecule has 0 bridgehead atoms. The Kier molecular flexibility index (Phi) is 4.74. The first kappa shape index (κ1) is 14.1. The zero-order valence-electron chi connectivity index (χ0n) is 10.6. The molecule has 1 aromatic rings. The zero-order chi connectivity index (χ0) is 13.6. The molecule has 0 aliphatic rings. The minimum absolute atomic E-state index is 0.0188. The minimum atomic E-state index is -0.906. The summed E-state index contributed by atoms with van der Waals surface area (Å²) in [5, 5.41) is 11.7. The number of rotatable bonds is 5. The molecule has 0 saturated heterocycles. The van der Waals surface area contributed by atoms with Gasteiger partial charge >= 0.3 is 0 Å². The molecular weight excluding hydrogens is 230 g/mol.